The van der Waals surface area contributed by atoms with Crippen LogP contribution in [-0.4, -0.2) is 11.9 Å². The van der Waals surface area contributed by atoms with Crippen molar-refractivity contribution in [3.8, 4) is 0 Å². The third-order valence-corrected chi connectivity index (χ3v) is 4.51. The molecule has 3 rings (SSSR count). The van der Waals surface area contributed by atoms with E-state index in [0.29, 0.717) is 5.56 Å². The van der Waals surface area contributed by atoms with Gasteiger partial charge in [0.15, 0.2) is 17.7 Å². The van der Waals surface area contributed by atoms with E-state index < -0.39 is 17.7 Å². The zero-order valence-electron chi connectivity index (χ0n) is 14.7. The van der Waals surface area contributed by atoms with Gasteiger partial charge in [0.1, 0.15) is 6.04 Å². The number of carbonyl (C=O) groups is 1. The SMILES string of the molecule is C[C@@H]([NH2+][C@H](C)c1ccc(F)c(F)c1)C(=O)Nc1cccc2ccccc12. The van der Waals surface area contributed by atoms with Crippen LogP contribution in [0.3, 0.4) is 0 Å². The molecule has 0 aliphatic heterocycles. The summed E-state index contributed by atoms with van der Waals surface area (Å²) >= 11 is 0. The fraction of sp³-hybridized carbons (Fsp3) is 0.190. The minimum Gasteiger partial charge on any atom is -0.330 e. The number of halogens is 2. The van der Waals surface area contributed by atoms with E-state index in [1.165, 1.54) is 12.1 Å². The summed E-state index contributed by atoms with van der Waals surface area (Å²) in [5, 5.41) is 6.81. The second kappa shape index (κ2) is 7.62. The quantitative estimate of drug-likeness (QED) is 0.719. The van der Waals surface area contributed by atoms with Crippen LogP contribution in [0.15, 0.2) is 60.7 Å². The summed E-state index contributed by atoms with van der Waals surface area (Å²) in [6, 6.07) is 16.8. The highest BCUT2D eigenvalue weighted by molar-refractivity contribution is 6.03. The molecule has 2 atom stereocenters. The lowest BCUT2D eigenvalue weighted by Gasteiger charge is -2.17. The highest BCUT2D eigenvalue weighted by Gasteiger charge is 2.21. The minimum absolute atomic E-state index is 0.143. The van der Waals surface area contributed by atoms with Crippen LogP contribution < -0.4 is 10.6 Å². The lowest BCUT2D eigenvalue weighted by atomic mass is 10.1. The Labute approximate surface area is 151 Å². The topological polar surface area (TPSA) is 45.7 Å². The van der Waals surface area contributed by atoms with E-state index in [9.17, 15) is 13.6 Å². The summed E-state index contributed by atoms with van der Waals surface area (Å²) in [5.74, 6) is -1.89. The first-order valence-electron chi connectivity index (χ1n) is 8.54. The molecule has 0 aliphatic rings. The summed E-state index contributed by atoms with van der Waals surface area (Å²) < 4.78 is 26.5. The average Bonchev–Trinajstić information content (AvgIpc) is 2.64. The molecule has 1 amide bonds. The van der Waals surface area contributed by atoms with Gasteiger partial charge in [0, 0.05) is 16.6 Å². The van der Waals surface area contributed by atoms with Crippen molar-refractivity contribution in [2.75, 3.05) is 5.32 Å². The van der Waals surface area contributed by atoms with Gasteiger partial charge in [-0.2, -0.15) is 0 Å². The third kappa shape index (κ3) is 3.89. The van der Waals surface area contributed by atoms with E-state index in [1.807, 2.05) is 54.7 Å². The first kappa shape index (κ1) is 18.0. The molecule has 26 heavy (non-hydrogen) atoms. The fourth-order valence-electron chi connectivity index (χ4n) is 3.01. The average molecular weight is 355 g/mol. The number of rotatable bonds is 5. The van der Waals surface area contributed by atoms with Crippen molar-refractivity contribution >= 4 is 22.4 Å². The molecule has 3 N–H and O–H groups in total. The lowest BCUT2D eigenvalue weighted by Crippen LogP contribution is -2.91. The summed E-state index contributed by atoms with van der Waals surface area (Å²) in [7, 11) is 0. The number of nitrogens with two attached hydrogens (primary N) is 1. The van der Waals surface area contributed by atoms with Crippen molar-refractivity contribution in [3.05, 3.63) is 77.9 Å². The van der Waals surface area contributed by atoms with Crippen molar-refractivity contribution in [1.82, 2.24) is 0 Å². The number of anilines is 1. The number of amides is 1. The van der Waals surface area contributed by atoms with Gasteiger partial charge in [0.25, 0.3) is 5.91 Å². The molecule has 3 nitrogen and oxygen atoms in total. The van der Waals surface area contributed by atoms with Crippen molar-refractivity contribution in [1.29, 1.82) is 0 Å². The molecular formula is C21H21F2N2O+. The highest BCUT2D eigenvalue weighted by atomic mass is 19.2. The monoisotopic (exact) mass is 355 g/mol. The molecule has 134 valence electrons. The highest BCUT2D eigenvalue weighted by Crippen LogP contribution is 2.23. The van der Waals surface area contributed by atoms with Crippen molar-refractivity contribution in [3.63, 3.8) is 0 Å². The fourth-order valence-corrected chi connectivity index (χ4v) is 3.01. The van der Waals surface area contributed by atoms with Crippen LogP contribution in [-0.2, 0) is 4.79 Å². The van der Waals surface area contributed by atoms with Crippen LogP contribution in [0.25, 0.3) is 10.8 Å². The number of hydrogen-bond donors (Lipinski definition) is 2. The number of quaternary nitrogens is 1. The zero-order chi connectivity index (χ0) is 18.7. The third-order valence-electron chi connectivity index (χ3n) is 4.51. The van der Waals surface area contributed by atoms with Crippen molar-refractivity contribution in [2.24, 2.45) is 0 Å². The maximum absolute atomic E-state index is 13.4. The van der Waals surface area contributed by atoms with Crippen LogP contribution in [0.1, 0.15) is 25.5 Å². The summed E-state index contributed by atoms with van der Waals surface area (Å²) in [6.07, 6.45) is 0. The number of fused-ring (bicyclic) bond motifs is 1. The summed E-state index contributed by atoms with van der Waals surface area (Å²) in [4.78, 5) is 12.6. The van der Waals surface area contributed by atoms with E-state index in [-0.39, 0.29) is 11.9 Å². The Morgan fingerprint density at radius 3 is 2.46 bits per heavy atom. The van der Waals surface area contributed by atoms with E-state index in [1.54, 1.807) is 6.92 Å². The Kier molecular flexibility index (Phi) is 5.28. The van der Waals surface area contributed by atoms with Gasteiger partial charge in [-0.15, -0.1) is 0 Å². The van der Waals surface area contributed by atoms with E-state index in [0.717, 1.165) is 22.5 Å². The van der Waals surface area contributed by atoms with Crippen LogP contribution in [0, 0.1) is 11.6 Å². The van der Waals surface area contributed by atoms with E-state index in [2.05, 4.69) is 5.32 Å². The first-order valence-corrected chi connectivity index (χ1v) is 8.54. The van der Waals surface area contributed by atoms with Gasteiger partial charge in [-0.1, -0.05) is 36.4 Å². The lowest BCUT2D eigenvalue weighted by molar-refractivity contribution is -0.709. The van der Waals surface area contributed by atoms with E-state index in [4.69, 9.17) is 0 Å². The predicted molar refractivity (Wildman–Crippen MR) is 98.7 cm³/mol. The van der Waals surface area contributed by atoms with Gasteiger partial charge >= 0.3 is 0 Å². The Hall–Kier alpha value is -2.79. The molecule has 0 heterocycles. The van der Waals surface area contributed by atoms with Gasteiger partial charge in [0.2, 0.25) is 0 Å². The van der Waals surface area contributed by atoms with Gasteiger partial charge in [-0.25, -0.2) is 8.78 Å². The van der Waals surface area contributed by atoms with Crippen molar-refractivity contribution in [2.45, 2.75) is 25.9 Å². The summed E-state index contributed by atoms with van der Waals surface area (Å²) in [6.45, 7) is 3.64. The largest absolute Gasteiger partial charge is 0.330 e. The van der Waals surface area contributed by atoms with Crippen molar-refractivity contribution < 1.29 is 18.9 Å². The van der Waals surface area contributed by atoms with Gasteiger partial charge < -0.3 is 10.6 Å². The molecule has 0 unspecified atom stereocenters. The number of hydrogen-bond acceptors (Lipinski definition) is 1. The molecule has 0 fully saturated rings. The Bertz CT molecular complexity index is 937. The Morgan fingerprint density at radius 1 is 0.962 bits per heavy atom. The molecule has 3 aromatic rings. The van der Waals surface area contributed by atoms with Gasteiger partial charge in [0.05, 0.1) is 0 Å². The molecule has 0 saturated heterocycles. The van der Waals surface area contributed by atoms with Crippen LogP contribution >= 0.6 is 0 Å². The number of benzene rings is 3. The first-order chi connectivity index (χ1) is 12.5. The maximum atomic E-state index is 13.4. The van der Waals surface area contributed by atoms with Crippen LogP contribution in [0.5, 0.6) is 0 Å². The smallest absolute Gasteiger partial charge is 0.282 e. The van der Waals surface area contributed by atoms with E-state index >= 15 is 0 Å². The standard InChI is InChI=1S/C21H20F2N2O/c1-13(16-10-11-18(22)19(23)12-16)24-14(2)21(26)25-20-9-5-7-15-6-3-4-8-17(15)20/h3-14,24H,1-2H3,(H,25,26)/p+1/t13-,14-/m1/s1. The maximum Gasteiger partial charge on any atom is 0.282 e. The predicted octanol–water partition coefficient (Wildman–Crippen LogP) is 3.77. The zero-order valence-corrected chi connectivity index (χ0v) is 14.7. The normalized spacial score (nSPS) is 13.4. The molecule has 3 aromatic carbocycles. The molecule has 5 heteroatoms. The van der Waals surface area contributed by atoms with Gasteiger partial charge in [-0.05, 0) is 43.5 Å². The Balaban J connectivity index is 1.70. The van der Waals surface area contributed by atoms with Gasteiger partial charge in [-0.3, -0.25) is 4.79 Å². The van der Waals surface area contributed by atoms with Crippen LogP contribution in [0.2, 0.25) is 0 Å². The molecule has 0 spiro atoms. The molecule has 0 radical (unpaired) electrons. The number of nitrogens with one attached hydrogen (secondary N) is 1. The second-order valence-electron chi connectivity index (χ2n) is 6.46. The second-order valence-corrected chi connectivity index (χ2v) is 6.46. The van der Waals surface area contributed by atoms with Crippen LogP contribution in [0.4, 0.5) is 14.5 Å². The summed E-state index contributed by atoms with van der Waals surface area (Å²) in [5.41, 5.74) is 1.39. The molecule has 0 aliphatic carbocycles. The number of carbonyl (C=O) groups excluding carboxylic acids is 1. The molecule has 0 bridgehead atoms. The molecular weight excluding hydrogens is 334 g/mol. The Morgan fingerprint density at radius 2 is 1.69 bits per heavy atom. The molecule has 0 aromatic heterocycles. The molecule has 0 saturated carbocycles. The minimum atomic E-state index is -0.879.